The number of nitrogens with two attached hydrogens (primary N) is 1. The lowest BCUT2D eigenvalue weighted by Crippen LogP contribution is -2.17. The number of aromatic nitrogens is 3. The molecule has 2 heterocycles. The first-order valence-electron chi connectivity index (χ1n) is 5.82. The molecule has 0 aliphatic rings. The van der Waals surface area contributed by atoms with Crippen molar-refractivity contribution in [2.75, 3.05) is 5.73 Å². The maximum atomic E-state index is 11.8. The number of nitrogen functional groups attached to an aromatic ring is 1. The van der Waals surface area contributed by atoms with Crippen LogP contribution in [-0.2, 0) is 6.54 Å². The van der Waals surface area contributed by atoms with Crippen LogP contribution in [0, 0.1) is 6.92 Å². The summed E-state index contributed by atoms with van der Waals surface area (Å²) < 4.78 is 6.64. The predicted octanol–water partition coefficient (Wildman–Crippen LogP) is 1.32. The summed E-state index contributed by atoms with van der Waals surface area (Å²) in [5.74, 6) is 0.458. The second-order valence-corrected chi connectivity index (χ2v) is 4.27. The Morgan fingerprint density at radius 3 is 2.89 bits per heavy atom. The minimum Gasteiger partial charge on any atom is -0.408 e. The van der Waals surface area contributed by atoms with Crippen LogP contribution in [0.1, 0.15) is 11.5 Å². The second-order valence-electron chi connectivity index (χ2n) is 4.27. The lowest BCUT2D eigenvalue weighted by molar-refractivity contribution is 0.513. The van der Waals surface area contributed by atoms with Gasteiger partial charge >= 0.3 is 5.76 Å². The Balaban J connectivity index is 2.10. The highest BCUT2D eigenvalue weighted by Crippen LogP contribution is 2.13. The standard InChI is InChI=1S/C13H12N4O2/c1-8-6-11(14)16-12(15-8)7-17-9-4-2-3-5-10(9)19-13(17)18/h2-6H,7H2,1H3,(H2,14,15,16). The van der Waals surface area contributed by atoms with Gasteiger partial charge in [0.05, 0.1) is 12.1 Å². The van der Waals surface area contributed by atoms with Gasteiger partial charge in [0.2, 0.25) is 0 Å². The SMILES string of the molecule is Cc1cc(N)nc(Cn2c(=O)oc3ccccc32)n1. The molecule has 0 spiro atoms. The first-order valence-corrected chi connectivity index (χ1v) is 5.82. The molecule has 96 valence electrons. The zero-order valence-corrected chi connectivity index (χ0v) is 10.3. The second kappa shape index (κ2) is 4.24. The molecule has 19 heavy (non-hydrogen) atoms. The van der Waals surface area contributed by atoms with Gasteiger partial charge in [0.1, 0.15) is 5.82 Å². The molecule has 0 amide bonds. The zero-order chi connectivity index (χ0) is 13.4. The van der Waals surface area contributed by atoms with E-state index >= 15 is 0 Å². The molecule has 0 aliphatic heterocycles. The van der Waals surface area contributed by atoms with Crippen LogP contribution in [-0.4, -0.2) is 14.5 Å². The maximum absolute atomic E-state index is 11.8. The fraction of sp³-hybridized carbons (Fsp3) is 0.154. The number of fused-ring (bicyclic) bond motifs is 1. The smallest absolute Gasteiger partial charge is 0.408 e. The van der Waals surface area contributed by atoms with E-state index in [0.717, 1.165) is 11.2 Å². The van der Waals surface area contributed by atoms with Crippen molar-refractivity contribution in [1.29, 1.82) is 0 Å². The number of rotatable bonds is 2. The highest BCUT2D eigenvalue weighted by molar-refractivity contribution is 5.72. The fourth-order valence-electron chi connectivity index (χ4n) is 2.03. The molecule has 0 saturated heterocycles. The van der Waals surface area contributed by atoms with Crippen molar-refractivity contribution in [2.24, 2.45) is 0 Å². The Morgan fingerprint density at radius 1 is 1.32 bits per heavy atom. The van der Waals surface area contributed by atoms with Crippen molar-refractivity contribution < 1.29 is 4.42 Å². The van der Waals surface area contributed by atoms with Gasteiger partial charge in [-0.1, -0.05) is 12.1 Å². The third kappa shape index (κ3) is 2.08. The summed E-state index contributed by atoms with van der Waals surface area (Å²) in [5, 5.41) is 0. The van der Waals surface area contributed by atoms with Crippen LogP contribution in [0.25, 0.3) is 11.1 Å². The van der Waals surface area contributed by atoms with Gasteiger partial charge in [0.25, 0.3) is 0 Å². The Bertz CT molecular complexity index is 784. The molecule has 0 aliphatic carbocycles. The van der Waals surface area contributed by atoms with Crippen LogP contribution in [0.4, 0.5) is 5.82 Å². The van der Waals surface area contributed by atoms with Crippen LogP contribution in [0.15, 0.2) is 39.5 Å². The van der Waals surface area contributed by atoms with Gasteiger partial charge < -0.3 is 10.2 Å². The number of nitrogens with zero attached hydrogens (tertiary/aromatic N) is 3. The van der Waals surface area contributed by atoms with Crippen molar-refractivity contribution in [3.63, 3.8) is 0 Å². The highest BCUT2D eigenvalue weighted by Gasteiger charge is 2.10. The summed E-state index contributed by atoms with van der Waals surface area (Å²) in [5.41, 5.74) is 7.71. The van der Waals surface area contributed by atoms with E-state index in [1.54, 1.807) is 12.1 Å². The van der Waals surface area contributed by atoms with Gasteiger partial charge in [-0.2, -0.15) is 0 Å². The Kier molecular flexibility index (Phi) is 2.56. The van der Waals surface area contributed by atoms with Gasteiger partial charge in [0, 0.05) is 11.8 Å². The van der Waals surface area contributed by atoms with Crippen LogP contribution in [0.3, 0.4) is 0 Å². The Hall–Kier alpha value is -2.63. The van der Waals surface area contributed by atoms with Gasteiger partial charge in [-0.15, -0.1) is 0 Å². The zero-order valence-electron chi connectivity index (χ0n) is 10.3. The molecule has 0 atom stereocenters. The van der Waals surface area contributed by atoms with Crippen molar-refractivity contribution in [2.45, 2.75) is 13.5 Å². The van der Waals surface area contributed by atoms with Crippen LogP contribution >= 0.6 is 0 Å². The Morgan fingerprint density at radius 2 is 2.11 bits per heavy atom. The Labute approximate surface area is 108 Å². The lowest BCUT2D eigenvalue weighted by atomic mass is 10.3. The third-order valence-corrected chi connectivity index (χ3v) is 2.79. The van der Waals surface area contributed by atoms with E-state index in [9.17, 15) is 4.79 Å². The summed E-state index contributed by atoms with van der Waals surface area (Å²) in [6.07, 6.45) is 0. The first-order chi connectivity index (χ1) is 9.13. The van der Waals surface area contributed by atoms with E-state index < -0.39 is 5.76 Å². The van der Waals surface area contributed by atoms with E-state index in [2.05, 4.69) is 9.97 Å². The summed E-state index contributed by atoms with van der Waals surface area (Å²) in [6.45, 7) is 2.07. The molecule has 3 aromatic rings. The molecule has 1 aromatic carbocycles. The van der Waals surface area contributed by atoms with Crippen molar-refractivity contribution in [3.05, 3.63) is 52.4 Å². The minimum atomic E-state index is -0.426. The molecule has 6 heteroatoms. The van der Waals surface area contributed by atoms with E-state index in [4.69, 9.17) is 10.2 Å². The predicted molar refractivity (Wildman–Crippen MR) is 70.8 cm³/mol. The van der Waals surface area contributed by atoms with Gasteiger partial charge in [-0.05, 0) is 19.1 Å². The summed E-state index contributed by atoms with van der Waals surface area (Å²) in [7, 11) is 0. The average molecular weight is 256 g/mol. The number of hydrogen-bond acceptors (Lipinski definition) is 5. The van der Waals surface area contributed by atoms with Gasteiger partial charge in [-0.25, -0.2) is 14.8 Å². The number of anilines is 1. The van der Waals surface area contributed by atoms with Gasteiger partial charge in [0.15, 0.2) is 11.4 Å². The molecular weight excluding hydrogens is 244 g/mol. The molecule has 6 nitrogen and oxygen atoms in total. The monoisotopic (exact) mass is 256 g/mol. The number of hydrogen-bond donors (Lipinski definition) is 1. The minimum absolute atomic E-state index is 0.238. The third-order valence-electron chi connectivity index (χ3n) is 2.79. The summed E-state index contributed by atoms with van der Waals surface area (Å²) >= 11 is 0. The van der Waals surface area contributed by atoms with Gasteiger partial charge in [-0.3, -0.25) is 4.57 Å². The molecule has 0 bridgehead atoms. The maximum Gasteiger partial charge on any atom is 0.420 e. The van der Waals surface area contributed by atoms with Crippen LogP contribution < -0.4 is 11.5 Å². The average Bonchev–Trinajstić information content (AvgIpc) is 2.65. The quantitative estimate of drug-likeness (QED) is 0.747. The fourth-order valence-corrected chi connectivity index (χ4v) is 2.03. The van der Waals surface area contributed by atoms with E-state index in [-0.39, 0.29) is 6.54 Å². The van der Waals surface area contributed by atoms with E-state index in [0.29, 0.717) is 17.2 Å². The summed E-state index contributed by atoms with van der Waals surface area (Å²) in [6, 6.07) is 8.91. The van der Waals surface area contributed by atoms with E-state index in [1.807, 2.05) is 25.1 Å². The highest BCUT2D eigenvalue weighted by atomic mass is 16.4. The molecule has 3 rings (SSSR count). The van der Waals surface area contributed by atoms with Crippen molar-refractivity contribution >= 4 is 16.9 Å². The van der Waals surface area contributed by atoms with E-state index in [1.165, 1.54) is 4.57 Å². The van der Waals surface area contributed by atoms with Crippen molar-refractivity contribution in [3.8, 4) is 0 Å². The molecule has 0 saturated carbocycles. The largest absolute Gasteiger partial charge is 0.420 e. The molecule has 0 radical (unpaired) electrons. The summed E-state index contributed by atoms with van der Waals surface area (Å²) in [4.78, 5) is 20.2. The van der Waals surface area contributed by atoms with Crippen molar-refractivity contribution in [1.82, 2.24) is 14.5 Å². The molecular formula is C13H12N4O2. The molecule has 2 aromatic heterocycles. The number of para-hydroxylation sites is 2. The number of aryl methyl sites for hydroxylation is 1. The van der Waals surface area contributed by atoms with Crippen LogP contribution in [0.2, 0.25) is 0 Å². The van der Waals surface area contributed by atoms with Crippen LogP contribution in [0.5, 0.6) is 0 Å². The topological polar surface area (TPSA) is 86.9 Å². The first kappa shape index (κ1) is 11.5. The molecule has 0 fully saturated rings. The normalized spacial score (nSPS) is 11.0. The number of oxazole rings is 1. The molecule has 2 N–H and O–H groups in total. The lowest BCUT2D eigenvalue weighted by Gasteiger charge is -2.03. The molecule has 0 unspecified atom stereocenters. The number of benzene rings is 1.